The van der Waals surface area contributed by atoms with Crippen LogP contribution in [0.15, 0.2) is 12.3 Å². The second-order valence-electron chi connectivity index (χ2n) is 3.65. The summed E-state index contributed by atoms with van der Waals surface area (Å²) in [5.41, 5.74) is 6.81. The number of nitrogens with two attached hydrogens (primary N) is 1. The van der Waals surface area contributed by atoms with Crippen molar-refractivity contribution in [3.05, 3.63) is 23.8 Å². The van der Waals surface area contributed by atoms with E-state index in [4.69, 9.17) is 5.73 Å². The Bertz CT molecular complexity index is 504. The summed E-state index contributed by atoms with van der Waals surface area (Å²) >= 11 is 0. The fourth-order valence-corrected chi connectivity index (χ4v) is 1.33. The fourth-order valence-electron chi connectivity index (χ4n) is 1.33. The summed E-state index contributed by atoms with van der Waals surface area (Å²) in [5, 5.41) is 0. The van der Waals surface area contributed by atoms with Crippen LogP contribution in [0.3, 0.4) is 0 Å². The lowest BCUT2D eigenvalue weighted by Gasteiger charge is -2.00. The van der Waals surface area contributed by atoms with Crippen LogP contribution in [0, 0.1) is 0 Å². The summed E-state index contributed by atoms with van der Waals surface area (Å²) in [6.07, 6.45) is 3.65. The number of rotatable bonds is 2. The first-order valence-electron chi connectivity index (χ1n) is 5.77. The summed E-state index contributed by atoms with van der Waals surface area (Å²) in [5.74, 6) is 0.0976. The highest BCUT2D eigenvalue weighted by Crippen LogP contribution is 2.13. The van der Waals surface area contributed by atoms with Crippen molar-refractivity contribution in [3.8, 4) is 0 Å². The number of H-pyrrole nitrogens is 1. The van der Waals surface area contributed by atoms with Gasteiger partial charge in [-0.15, -0.1) is 0 Å². The van der Waals surface area contributed by atoms with Crippen LogP contribution in [-0.4, -0.2) is 20.9 Å². The van der Waals surface area contributed by atoms with E-state index in [2.05, 4.69) is 28.8 Å². The number of aromatic amines is 1. The van der Waals surface area contributed by atoms with E-state index in [0.717, 1.165) is 5.52 Å². The molecule has 0 radical (unpaired) electrons. The van der Waals surface area contributed by atoms with Gasteiger partial charge in [0.15, 0.2) is 5.69 Å². The van der Waals surface area contributed by atoms with Crippen LogP contribution >= 0.6 is 0 Å². The highest BCUT2D eigenvalue weighted by molar-refractivity contribution is 6.01. The zero-order chi connectivity index (χ0) is 12.8. The van der Waals surface area contributed by atoms with Gasteiger partial charge >= 0.3 is 0 Å². The molecule has 2 heterocycles. The van der Waals surface area contributed by atoms with Crippen molar-refractivity contribution in [2.75, 3.05) is 0 Å². The molecule has 5 nitrogen and oxygen atoms in total. The molecule has 2 aromatic rings. The third-order valence-corrected chi connectivity index (χ3v) is 2.00. The first-order chi connectivity index (χ1) is 8.13. The van der Waals surface area contributed by atoms with Crippen LogP contribution in [0.2, 0.25) is 0 Å². The third kappa shape index (κ3) is 3.03. The first-order valence-corrected chi connectivity index (χ1v) is 5.77. The van der Waals surface area contributed by atoms with Crippen LogP contribution in [0.4, 0.5) is 0 Å². The Hall–Kier alpha value is -1.91. The number of primary amides is 1. The number of amides is 1. The van der Waals surface area contributed by atoms with Gasteiger partial charge in [-0.3, -0.25) is 4.79 Å². The lowest BCUT2D eigenvalue weighted by Crippen LogP contribution is -2.15. The molecule has 2 rings (SSSR count). The molecule has 0 saturated heterocycles. The molecule has 0 bridgehead atoms. The summed E-state index contributed by atoms with van der Waals surface area (Å²) in [6, 6.07) is 1.79. The van der Waals surface area contributed by atoms with Crippen molar-refractivity contribution in [3.63, 3.8) is 0 Å². The van der Waals surface area contributed by atoms with Gasteiger partial charge in [0.25, 0.3) is 5.91 Å². The standard InChI is InChI=1S/C9H10N4O.C3H8/c1-2-6-12-5-3-4-11-7(5)8(13-6)9(10)14;1-3-2/h3-4,11H,2H2,1H3,(H2,10,14);3H2,1-2H3. The second kappa shape index (κ2) is 5.98. The molecule has 0 aliphatic carbocycles. The predicted octanol–water partition coefficient (Wildman–Crippen LogP) is 2.04. The predicted molar refractivity (Wildman–Crippen MR) is 67.7 cm³/mol. The van der Waals surface area contributed by atoms with Gasteiger partial charge in [0.05, 0.1) is 11.0 Å². The number of hydrogen-bond acceptors (Lipinski definition) is 3. The van der Waals surface area contributed by atoms with Gasteiger partial charge < -0.3 is 10.7 Å². The molecule has 0 saturated carbocycles. The number of nitrogens with zero attached hydrogens (tertiary/aromatic N) is 2. The minimum atomic E-state index is -0.533. The van der Waals surface area contributed by atoms with E-state index < -0.39 is 5.91 Å². The Morgan fingerprint density at radius 1 is 1.35 bits per heavy atom. The Morgan fingerprint density at radius 2 is 2.00 bits per heavy atom. The van der Waals surface area contributed by atoms with Gasteiger partial charge in [-0.1, -0.05) is 27.2 Å². The molecule has 0 aromatic carbocycles. The molecule has 92 valence electrons. The average molecular weight is 234 g/mol. The van der Waals surface area contributed by atoms with Crippen molar-refractivity contribution in [2.45, 2.75) is 33.6 Å². The molecule has 0 atom stereocenters. The van der Waals surface area contributed by atoms with Gasteiger partial charge in [0.2, 0.25) is 0 Å². The van der Waals surface area contributed by atoms with E-state index in [1.54, 1.807) is 12.3 Å². The van der Waals surface area contributed by atoms with E-state index >= 15 is 0 Å². The van der Waals surface area contributed by atoms with Crippen LogP contribution in [0.5, 0.6) is 0 Å². The van der Waals surface area contributed by atoms with Gasteiger partial charge in [-0.2, -0.15) is 0 Å². The van der Waals surface area contributed by atoms with Gasteiger partial charge in [-0.25, -0.2) is 9.97 Å². The number of nitrogens with one attached hydrogen (secondary N) is 1. The molecule has 5 heteroatoms. The van der Waals surface area contributed by atoms with Gasteiger partial charge in [-0.05, 0) is 6.07 Å². The van der Waals surface area contributed by atoms with Crippen molar-refractivity contribution in [1.82, 2.24) is 15.0 Å². The Labute approximate surface area is 100 Å². The number of aryl methyl sites for hydroxylation is 1. The molecule has 3 N–H and O–H groups in total. The maximum absolute atomic E-state index is 11.1. The number of hydrogen-bond donors (Lipinski definition) is 2. The highest BCUT2D eigenvalue weighted by Gasteiger charge is 2.11. The molecular weight excluding hydrogens is 216 g/mol. The summed E-state index contributed by atoms with van der Waals surface area (Å²) in [4.78, 5) is 22.3. The quantitative estimate of drug-likeness (QED) is 0.833. The topological polar surface area (TPSA) is 84.7 Å². The normalized spacial score (nSPS) is 9.82. The molecule has 17 heavy (non-hydrogen) atoms. The highest BCUT2D eigenvalue weighted by atomic mass is 16.1. The van der Waals surface area contributed by atoms with Crippen molar-refractivity contribution >= 4 is 16.9 Å². The van der Waals surface area contributed by atoms with Crippen molar-refractivity contribution in [1.29, 1.82) is 0 Å². The van der Waals surface area contributed by atoms with E-state index in [9.17, 15) is 4.79 Å². The van der Waals surface area contributed by atoms with E-state index in [1.165, 1.54) is 6.42 Å². The zero-order valence-corrected chi connectivity index (χ0v) is 10.4. The van der Waals surface area contributed by atoms with Crippen molar-refractivity contribution < 1.29 is 4.79 Å². The molecule has 0 aliphatic rings. The monoisotopic (exact) mass is 234 g/mol. The smallest absolute Gasteiger partial charge is 0.269 e. The van der Waals surface area contributed by atoms with E-state index in [1.807, 2.05) is 6.92 Å². The zero-order valence-electron chi connectivity index (χ0n) is 10.4. The molecule has 0 unspecified atom stereocenters. The lowest BCUT2D eigenvalue weighted by atomic mass is 10.3. The fraction of sp³-hybridized carbons (Fsp3) is 0.417. The molecule has 0 spiro atoms. The molecule has 2 aromatic heterocycles. The number of carbonyl (C=O) groups is 1. The first kappa shape index (κ1) is 13.2. The minimum absolute atomic E-state index is 0.261. The van der Waals surface area contributed by atoms with Crippen LogP contribution in [-0.2, 0) is 6.42 Å². The lowest BCUT2D eigenvalue weighted by molar-refractivity contribution is 0.0997. The van der Waals surface area contributed by atoms with Gasteiger partial charge in [0, 0.05) is 12.6 Å². The third-order valence-electron chi connectivity index (χ3n) is 2.00. The van der Waals surface area contributed by atoms with E-state index in [0.29, 0.717) is 17.8 Å². The number of aromatic nitrogens is 3. The summed E-state index contributed by atoms with van der Waals surface area (Å²) in [7, 11) is 0. The van der Waals surface area contributed by atoms with Crippen LogP contribution in [0.25, 0.3) is 11.0 Å². The van der Waals surface area contributed by atoms with Crippen LogP contribution < -0.4 is 5.73 Å². The maximum atomic E-state index is 11.1. The Morgan fingerprint density at radius 3 is 2.53 bits per heavy atom. The summed E-state index contributed by atoms with van der Waals surface area (Å²) in [6.45, 7) is 6.18. The molecular formula is C12H18N4O. The Kier molecular flexibility index (Phi) is 4.63. The van der Waals surface area contributed by atoms with Crippen LogP contribution in [0.1, 0.15) is 43.5 Å². The largest absolute Gasteiger partial charge is 0.364 e. The average Bonchev–Trinajstić information content (AvgIpc) is 2.76. The minimum Gasteiger partial charge on any atom is -0.364 e. The number of fused-ring (bicyclic) bond motifs is 1. The molecule has 1 amide bonds. The number of carbonyl (C=O) groups excluding carboxylic acids is 1. The van der Waals surface area contributed by atoms with Crippen molar-refractivity contribution in [2.24, 2.45) is 5.73 Å². The Balaban J connectivity index is 0.000000437. The molecule has 0 aliphatic heterocycles. The van der Waals surface area contributed by atoms with Gasteiger partial charge in [0.1, 0.15) is 5.82 Å². The SMILES string of the molecule is CCC.CCc1nc(C(N)=O)c2[nH]ccc2n1. The maximum Gasteiger partial charge on any atom is 0.269 e. The van der Waals surface area contributed by atoms with E-state index in [-0.39, 0.29) is 5.69 Å². The molecule has 0 fully saturated rings. The second-order valence-corrected chi connectivity index (χ2v) is 3.65. The summed E-state index contributed by atoms with van der Waals surface area (Å²) < 4.78 is 0.